The molecule has 0 heterocycles. The Kier molecular flexibility index (Phi) is 10.2. The lowest BCUT2D eigenvalue weighted by atomic mass is 9.84. The molecule has 28 heavy (non-hydrogen) atoms. The summed E-state index contributed by atoms with van der Waals surface area (Å²) >= 11 is 0. The number of hydrogen-bond donors (Lipinski definition) is 3. The van der Waals surface area contributed by atoms with Crippen LogP contribution in [0, 0.1) is 17.8 Å². The topological polar surface area (TPSA) is 105 Å². The number of hydroxylamine groups is 1. The first-order valence-corrected chi connectivity index (χ1v) is 9.58. The number of carbonyl (C=O) groups is 3. The summed E-state index contributed by atoms with van der Waals surface area (Å²) in [4.78, 5) is 35.8. The number of carbonyl (C=O) groups excluding carboxylic acids is 3. The van der Waals surface area contributed by atoms with Crippen LogP contribution in [0.5, 0.6) is 5.75 Å². The molecule has 0 aliphatic heterocycles. The molecule has 7 nitrogen and oxygen atoms in total. The highest BCUT2D eigenvalue weighted by molar-refractivity contribution is 5.87. The molecule has 3 N–H and O–H groups in total. The molecule has 2 amide bonds. The van der Waals surface area contributed by atoms with Crippen molar-refractivity contribution in [3.8, 4) is 5.75 Å². The fourth-order valence-electron chi connectivity index (χ4n) is 3.22. The van der Waals surface area contributed by atoms with Gasteiger partial charge < -0.3 is 10.1 Å². The molecule has 0 saturated carbocycles. The van der Waals surface area contributed by atoms with Crippen LogP contribution >= 0.6 is 0 Å². The molecule has 156 valence electrons. The third-order valence-corrected chi connectivity index (χ3v) is 4.58. The highest BCUT2D eigenvalue weighted by Gasteiger charge is 2.25. The van der Waals surface area contributed by atoms with Gasteiger partial charge in [0.05, 0.1) is 7.11 Å². The summed E-state index contributed by atoms with van der Waals surface area (Å²) in [6.45, 7) is 5.81. The maximum Gasteiger partial charge on any atom is 0.244 e. The Morgan fingerprint density at radius 2 is 1.75 bits per heavy atom. The minimum absolute atomic E-state index is 0.0267. The van der Waals surface area contributed by atoms with E-state index < -0.39 is 11.8 Å². The van der Waals surface area contributed by atoms with Gasteiger partial charge in [-0.1, -0.05) is 26.0 Å². The zero-order valence-corrected chi connectivity index (χ0v) is 17.2. The minimum Gasteiger partial charge on any atom is -0.497 e. The van der Waals surface area contributed by atoms with E-state index in [2.05, 4.69) is 5.32 Å². The number of benzene rings is 1. The van der Waals surface area contributed by atoms with E-state index in [0.29, 0.717) is 19.4 Å². The lowest BCUT2D eigenvalue weighted by Crippen LogP contribution is -2.32. The van der Waals surface area contributed by atoms with Crippen molar-refractivity contribution in [2.45, 2.75) is 46.5 Å². The fraction of sp³-hybridized carbons (Fsp3) is 0.571. The second-order valence-electron chi connectivity index (χ2n) is 7.59. The molecule has 2 atom stereocenters. The Morgan fingerprint density at radius 3 is 2.25 bits per heavy atom. The predicted octanol–water partition coefficient (Wildman–Crippen LogP) is 2.51. The Labute approximate surface area is 166 Å². The van der Waals surface area contributed by atoms with Crippen LogP contribution in [0.3, 0.4) is 0 Å². The van der Waals surface area contributed by atoms with Gasteiger partial charge in [-0.3, -0.25) is 19.6 Å². The Hall–Kier alpha value is -2.41. The molecule has 0 spiro atoms. The maximum atomic E-state index is 12.9. The summed E-state index contributed by atoms with van der Waals surface area (Å²) in [6, 6.07) is 7.60. The van der Waals surface area contributed by atoms with E-state index in [1.54, 1.807) is 12.6 Å². The molecule has 0 radical (unpaired) electrons. The number of hydrogen-bond acceptors (Lipinski definition) is 5. The van der Waals surface area contributed by atoms with E-state index >= 15 is 0 Å². The van der Waals surface area contributed by atoms with Crippen molar-refractivity contribution in [3.05, 3.63) is 29.8 Å². The van der Waals surface area contributed by atoms with E-state index in [1.165, 1.54) is 6.92 Å². The van der Waals surface area contributed by atoms with Gasteiger partial charge in [-0.05, 0) is 42.4 Å². The number of rotatable bonds is 12. The van der Waals surface area contributed by atoms with Gasteiger partial charge in [-0.2, -0.15) is 0 Å². The van der Waals surface area contributed by atoms with Gasteiger partial charge in [-0.25, -0.2) is 5.48 Å². The third kappa shape index (κ3) is 8.99. The summed E-state index contributed by atoms with van der Waals surface area (Å²) in [5, 5.41) is 11.6. The molecule has 1 aromatic rings. The summed E-state index contributed by atoms with van der Waals surface area (Å²) in [6.07, 6.45) is 1.41. The molecule has 0 unspecified atom stereocenters. The van der Waals surface area contributed by atoms with Crippen molar-refractivity contribution in [1.29, 1.82) is 0 Å². The number of methoxy groups -OCH3 is 1. The zero-order chi connectivity index (χ0) is 21.1. The lowest BCUT2D eigenvalue weighted by molar-refractivity contribution is -0.134. The number of nitrogens with one attached hydrogen (secondary N) is 2. The molecule has 0 bridgehead atoms. The SMILES string of the molecule is COc1ccc(C[C@@H](CNC(C)=O)CC(=O)[C@@H](CC(=O)NO)CC(C)C)cc1. The molecule has 0 fully saturated rings. The number of Topliss-reactive ketones (excluding diaryl/α,β-unsaturated/α-hetero) is 1. The predicted molar refractivity (Wildman–Crippen MR) is 106 cm³/mol. The van der Waals surface area contributed by atoms with E-state index in [4.69, 9.17) is 9.94 Å². The van der Waals surface area contributed by atoms with E-state index in [9.17, 15) is 14.4 Å². The van der Waals surface area contributed by atoms with Crippen molar-refractivity contribution in [2.75, 3.05) is 13.7 Å². The van der Waals surface area contributed by atoms with Crippen LogP contribution in [0.2, 0.25) is 0 Å². The number of ether oxygens (including phenoxy) is 1. The second kappa shape index (κ2) is 12.1. The van der Waals surface area contributed by atoms with Crippen LogP contribution in [0.15, 0.2) is 24.3 Å². The molecular formula is C21H32N2O5. The average Bonchev–Trinajstić information content (AvgIpc) is 2.65. The van der Waals surface area contributed by atoms with Crippen molar-refractivity contribution in [3.63, 3.8) is 0 Å². The van der Waals surface area contributed by atoms with Gasteiger partial charge in [0.25, 0.3) is 0 Å². The van der Waals surface area contributed by atoms with Gasteiger partial charge in [0.2, 0.25) is 11.8 Å². The van der Waals surface area contributed by atoms with E-state index in [-0.39, 0.29) is 36.4 Å². The first-order valence-electron chi connectivity index (χ1n) is 9.58. The molecule has 7 heteroatoms. The van der Waals surface area contributed by atoms with Crippen LogP contribution in [0.4, 0.5) is 0 Å². The number of ketones is 1. The third-order valence-electron chi connectivity index (χ3n) is 4.58. The zero-order valence-electron chi connectivity index (χ0n) is 17.2. The monoisotopic (exact) mass is 392 g/mol. The largest absolute Gasteiger partial charge is 0.497 e. The van der Waals surface area contributed by atoms with Crippen LogP contribution in [0.25, 0.3) is 0 Å². The first-order chi connectivity index (χ1) is 13.2. The Morgan fingerprint density at radius 1 is 1.11 bits per heavy atom. The summed E-state index contributed by atoms with van der Waals surface area (Å²) in [5.41, 5.74) is 2.65. The van der Waals surface area contributed by atoms with Crippen LogP contribution in [-0.2, 0) is 20.8 Å². The summed E-state index contributed by atoms with van der Waals surface area (Å²) in [5.74, 6) is -0.278. The van der Waals surface area contributed by atoms with Crippen LogP contribution in [0.1, 0.15) is 45.6 Å². The molecule has 0 aliphatic carbocycles. The summed E-state index contributed by atoms with van der Waals surface area (Å²) < 4.78 is 5.16. The van der Waals surface area contributed by atoms with Crippen molar-refractivity contribution in [2.24, 2.45) is 17.8 Å². The van der Waals surface area contributed by atoms with Crippen molar-refractivity contribution < 1.29 is 24.3 Å². The highest BCUT2D eigenvalue weighted by Crippen LogP contribution is 2.23. The molecule has 0 aliphatic rings. The summed E-state index contributed by atoms with van der Waals surface area (Å²) in [7, 11) is 1.60. The molecular weight excluding hydrogens is 360 g/mol. The quantitative estimate of drug-likeness (QED) is 0.374. The van der Waals surface area contributed by atoms with Gasteiger partial charge in [-0.15, -0.1) is 0 Å². The van der Waals surface area contributed by atoms with Gasteiger partial charge in [0.1, 0.15) is 11.5 Å². The van der Waals surface area contributed by atoms with Crippen LogP contribution in [-0.4, -0.2) is 36.5 Å². The average molecular weight is 392 g/mol. The van der Waals surface area contributed by atoms with Gasteiger partial charge >= 0.3 is 0 Å². The van der Waals surface area contributed by atoms with Gasteiger partial charge in [0.15, 0.2) is 0 Å². The van der Waals surface area contributed by atoms with E-state index in [0.717, 1.165) is 11.3 Å². The van der Waals surface area contributed by atoms with Gasteiger partial charge in [0, 0.05) is 32.2 Å². The van der Waals surface area contributed by atoms with E-state index in [1.807, 2.05) is 38.1 Å². The molecule has 1 rings (SSSR count). The highest BCUT2D eigenvalue weighted by atomic mass is 16.5. The lowest BCUT2D eigenvalue weighted by Gasteiger charge is -2.22. The smallest absolute Gasteiger partial charge is 0.244 e. The molecule has 0 saturated heterocycles. The second-order valence-corrected chi connectivity index (χ2v) is 7.59. The number of amides is 2. The first kappa shape index (κ1) is 23.6. The van der Waals surface area contributed by atoms with Crippen LogP contribution < -0.4 is 15.5 Å². The normalized spacial score (nSPS) is 12.9. The maximum absolute atomic E-state index is 12.9. The van der Waals surface area contributed by atoms with Crippen molar-refractivity contribution >= 4 is 17.6 Å². The Balaban J connectivity index is 2.86. The molecule has 0 aromatic heterocycles. The fourth-order valence-corrected chi connectivity index (χ4v) is 3.22. The molecule has 1 aromatic carbocycles. The minimum atomic E-state index is -0.562. The Bertz CT molecular complexity index is 643. The van der Waals surface area contributed by atoms with Crippen molar-refractivity contribution in [1.82, 2.24) is 10.8 Å². The standard InChI is InChI=1S/C21H32N2O5/c1-14(2)9-18(12-21(26)23-27)20(25)11-17(13-22-15(3)24)10-16-5-7-19(28-4)8-6-16/h5-8,14,17-18,27H,9-13H2,1-4H3,(H,22,24)(H,23,26)/t17-,18-/m1/s1.